The predicted molar refractivity (Wildman–Crippen MR) is 114 cm³/mol. The smallest absolute Gasteiger partial charge is 0.416 e. The lowest BCUT2D eigenvalue weighted by atomic mass is 9.67. The van der Waals surface area contributed by atoms with Gasteiger partial charge in [0, 0.05) is 18.2 Å². The molecule has 0 spiro atoms. The van der Waals surface area contributed by atoms with Gasteiger partial charge in [-0.15, -0.1) is 0 Å². The number of hydrogen-bond donors (Lipinski definition) is 0. The average Bonchev–Trinajstić information content (AvgIpc) is 2.74. The first-order valence-electron chi connectivity index (χ1n) is 11.4. The molecule has 0 amide bonds. The van der Waals surface area contributed by atoms with Gasteiger partial charge < -0.3 is 9.64 Å². The Balaban J connectivity index is 1.28. The highest BCUT2D eigenvalue weighted by molar-refractivity contribution is 5.65. The zero-order chi connectivity index (χ0) is 24.6. The van der Waals surface area contributed by atoms with Gasteiger partial charge >= 0.3 is 12.4 Å². The summed E-state index contributed by atoms with van der Waals surface area (Å²) in [5, 5.41) is 0. The van der Waals surface area contributed by atoms with Crippen LogP contribution in [0.2, 0.25) is 0 Å². The molecular weight excluding hydrogens is 463 g/mol. The molecular formula is C25H26F7NO. The normalized spacial score (nSPS) is 19.6. The van der Waals surface area contributed by atoms with E-state index >= 15 is 0 Å². The Hall–Kier alpha value is -2.29. The number of ether oxygens (including phenoxy) is 1. The summed E-state index contributed by atoms with van der Waals surface area (Å²) < 4.78 is 98.7. The van der Waals surface area contributed by atoms with Gasteiger partial charge in [-0.2, -0.15) is 26.3 Å². The summed E-state index contributed by atoms with van der Waals surface area (Å²) in [5.41, 5.74) is -1.86. The third kappa shape index (κ3) is 5.34. The SMILES string of the molecule is Fc1cc(OCC2CCN(CC3(C(F)(F)F)CCC3)CC2)ccc1-c1ccc(C(F)(F)F)cc1. The van der Waals surface area contributed by atoms with E-state index in [2.05, 4.69) is 0 Å². The Morgan fingerprint density at radius 1 is 0.912 bits per heavy atom. The third-order valence-corrected chi connectivity index (χ3v) is 7.09. The minimum Gasteiger partial charge on any atom is -0.493 e. The quantitative estimate of drug-likeness (QED) is 0.394. The average molecular weight is 489 g/mol. The van der Waals surface area contributed by atoms with E-state index in [4.69, 9.17) is 4.74 Å². The maximum absolute atomic E-state index is 14.6. The van der Waals surface area contributed by atoms with Gasteiger partial charge in [-0.05, 0) is 74.5 Å². The molecule has 1 heterocycles. The summed E-state index contributed by atoms with van der Waals surface area (Å²) in [4.78, 5) is 1.89. The first kappa shape index (κ1) is 24.8. The van der Waals surface area contributed by atoms with Crippen LogP contribution in [0.3, 0.4) is 0 Å². The third-order valence-electron chi connectivity index (χ3n) is 7.09. The zero-order valence-corrected chi connectivity index (χ0v) is 18.5. The lowest BCUT2D eigenvalue weighted by molar-refractivity contribution is -0.256. The van der Waals surface area contributed by atoms with Crippen molar-refractivity contribution in [3.05, 3.63) is 53.8 Å². The second-order valence-electron chi connectivity index (χ2n) is 9.38. The molecule has 2 nitrogen and oxygen atoms in total. The summed E-state index contributed by atoms with van der Waals surface area (Å²) in [5.74, 6) is -0.136. The summed E-state index contributed by atoms with van der Waals surface area (Å²) in [6, 6.07) is 8.50. The molecule has 0 N–H and O–H groups in total. The number of nitrogens with zero attached hydrogens (tertiary/aromatic N) is 1. The lowest BCUT2D eigenvalue weighted by Crippen LogP contribution is -2.53. The van der Waals surface area contributed by atoms with Gasteiger partial charge in [-0.1, -0.05) is 18.6 Å². The van der Waals surface area contributed by atoms with Crippen LogP contribution >= 0.6 is 0 Å². The molecule has 0 atom stereocenters. The van der Waals surface area contributed by atoms with E-state index in [0.29, 0.717) is 50.3 Å². The molecule has 9 heteroatoms. The number of benzene rings is 2. The van der Waals surface area contributed by atoms with Gasteiger partial charge in [0.2, 0.25) is 0 Å². The van der Waals surface area contributed by atoms with Crippen LogP contribution in [-0.4, -0.2) is 37.3 Å². The first-order chi connectivity index (χ1) is 16.0. The molecule has 0 unspecified atom stereocenters. The standard InChI is InChI=1S/C25H26F7NO/c26-22-14-20(6-7-21(22)18-2-4-19(5-3-18)24(27,28)29)34-15-17-8-12-33(13-9-17)16-23(10-1-11-23)25(30,31)32/h2-7,14,17H,1,8-13,15-16H2. The maximum Gasteiger partial charge on any atom is 0.416 e. The fourth-order valence-electron chi connectivity index (χ4n) is 4.75. The Bertz CT molecular complexity index is 972. The van der Waals surface area contributed by atoms with Crippen molar-refractivity contribution in [1.82, 2.24) is 4.90 Å². The van der Waals surface area contributed by atoms with Crippen LogP contribution in [0.5, 0.6) is 5.75 Å². The number of alkyl halides is 6. The van der Waals surface area contributed by atoms with E-state index in [0.717, 1.165) is 12.1 Å². The minimum absolute atomic E-state index is 0.0563. The summed E-state index contributed by atoms with van der Waals surface area (Å²) in [7, 11) is 0. The van der Waals surface area contributed by atoms with Gasteiger partial charge in [0.15, 0.2) is 0 Å². The Kier molecular flexibility index (Phi) is 6.86. The fraction of sp³-hybridized carbons (Fsp3) is 0.520. The molecule has 34 heavy (non-hydrogen) atoms. The molecule has 1 aliphatic heterocycles. The van der Waals surface area contributed by atoms with Crippen molar-refractivity contribution in [2.75, 3.05) is 26.2 Å². The van der Waals surface area contributed by atoms with Crippen LogP contribution in [0, 0.1) is 17.2 Å². The van der Waals surface area contributed by atoms with Crippen molar-refractivity contribution in [3.63, 3.8) is 0 Å². The van der Waals surface area contributed by atoms with E-state index in [1.807, 2.05) is 4.90 Å². The number of likely N-dealkylation sites (tertiary alicyclic amines) is 1. The van der Waals surface area contributed by atoms with Crippen molar-refractivity contribution in [2.45, 2.75) is 44.5 Å². The molecule has 186 valence electrons. The molecule has 0 radical (unpaired) electrons. The number of rotatable bonds is 6. The Morgan fingerprint density at radius 3 is 2.06 bits per heavy atom. The van der Waals surface area contributed by atoms with E-state index in [9.17, 15) is 30.7 Å². The topological polar surface area (TPSA) is 12.5 Å². The molecule has 0 bridgehead atoms. The van der Waals surface area contributed by atoms with Gasteiger partial charge in [-0.25, -0.2) is 4.39 Å². The highest BCUT2D eigenvalue weighted by Gasteiger charge is 2.58. The van der Waals surface area contributed by atoms with Crippen LogP contribution in [0.15, 0.2) is 42.5 Å². The highest BCUT2D eigenvalue weighted by atomic mass is 19.4. The second-order valence-corrected chi connectivity index (χ2v) is 9.38. The van der Waals surface area contributed by atoms with Crippen molar-refractivity contribution >= 4 is 0 Å². The minimum atomic E-state index is -4.46. The first-order valence-corrected chi connectivity index (χ1v) is 11.4. The van der Waals surface area contributed by atoms with Crippen LogP contribution in [0.4, 0.5) is 30.7 Å². The fourth-order valence-corrected chi connectivity index (χ4v) is 4.75. The van der Waals surface area contributed by atoms with Crippen molar-refractivity contribution in [1.29, 1.82) is 0 Å². The van der Waals surface area contributed by atoms with E-state index < -0.39 is 29.1 Å². The summed E-state index contributed by atoms with van der Waals surface area (Å²) >= 11 is 0. The molecule has 2 aliphatic rings. The molecule has 4 rings (SSSR count). The summed E-state index contributed by atoms with van der Waals surface area (Å²) in [6.45, 7) is 1.54. The van der Waals surface area contributed by atoms with Gasteiger partial charge in [0.25, 0.3) is 0 Å². The van der Waals surface area contributed by atoms with Gasteiger partial charge in [-0.3, -0.25) is 0 Å². The summed E-state index contributed by atoms with van der Waals surface area (Å²) in [6.07, 6.45) is -6.18. The molecule has 1 saturated heterocycles. The van der Waals surface area contributed by atoms with Gasteiger partial charge in [0.05, 0.1) is 17.6 Å². The molecule has 2 fully saturated rings. The highest BCUT2D eigenvalue weighted by Crippen LogP contribution is 2.53. The van der Waals surface area contributed by atoms with Crippen LogP contribution in [0.25, 0.3) is 11.1 Å². The van der Waals surface area contributed by atoms with Crippen molar-refractivity contribution in [2.24, 2.45) is 11.3 Å². The van der Waals surface area contributed by atoms with Crippen molar-refractivity contribution in [3.8, 4) is 16.9 Å². The van der Waals surface area contributed by atoms with Crippen molar-refractivity contribution < 1.29 is 35.5 Å². The molecule has 0 aromatic heterocycles. The van der Waals surface area contributed by atoms with Crippen LogP contribution < -0.4 is 4.74 Å². The predicted octanol–water partition coefficient (Wildman–Crippen LogP) is 7.33. The zero-order valence-electron chi connectivity index (χ0n) is 18.5. The maximum atomic E-state index is 14.6. The monoisotopic (exact) mass is 489 g/mol. The van der Waals surface area contributed by atoms with E-state index in [1.54, 1.807) is 6.07 Å². The molecule has 1 saturated carbocycles. The number of halogens is 7. The number of hydrogen-bond acceptors (Lipinski definition) is 2. The molecule has 2 aromatic rings. The van der Waals surface area contributed by atoms with Crippen LogP contribution in [-0.2, 0) is 6.18 Å². The Labute approximate surface area is 193 Å². The molecule has 2 aromatic carbocycles. The Morgan fingerprint density at radius 2 is 1.56 bits per heavy atom. The second kappa shape index (κ2) is 9.40. The van der Waals surface area contributed by atoms with E-state index in [-0.39, 0.29) is 30.9 Å². The van der Waals surface area contributed by atoms with Gasteiger partial charge in [0.1, 0.15) is 11.6 Å². The molecule has 1 aliphatic carbocycles. The largest absolute Gasteiger partial charge is 0.493 e. The van der Waals surface area contributed by atoms with E-state index in [1.165, 1.54) is 24.3 Å². The number of piperidine rings is 1. The lowest BCUT2D eigenvalue weighted by Gasteiger charge is -2.47. The van der Waals surface area contributed by atoms with Crippen LogP contribution in [0.1, 0.15) is 37.7 Å².